The average Bonchev–Trinajstić information content (AvgIpc) is 3.06. The average molecular weight is 382 g/mol. The molecule has 25 heavy (non-hydrogen) atoms. The van der Waals surface area contributed by atoms with Gasteiger partial charge in [-0.25, -0.2) is 8.78 Å². The third kappa shape index (κ3) is 7.44. The number of nitrogens with one attached hydrogen (secondary N) is 2. The minimum Gasteiger partial charge on any atom is -0.353 e. The Bertz CT molecular complexity index is 438. The standard InChI is InChI=1S/C17H29F2N3O2.ClH/c18-17(19,10-20)11-21-16(24)13-5-7-14(8-6-13)22-15(23)9-12-3-1-2-4-12;/h12-14H,1-11,20H2,(H,21,24)(H,22,23);1H. The van der Waals surface area contributed by atoms with Gasteiger partial charge in [-0.05, 0) is 44.4 Å². The Hall–Kier alpha value is -0.950. The molecule has 0 radical (unpaired) electrons. The third-order valence-corrected chi connectivity index (χ3v) is 5.23. The zero-order valence-corrected chi connectivity index (χ0v) is 15.4. The van der Waals surface area contributed by atoms with Crippen molar-refractivity contribution in [2.24, 2.45) is 17.6 Å². The molecule has 2 aliphatic rings. The van der Waals surface area contributed by atoms with Crippen molar-refractivity contribution in [3.63, 3.8) is 0 Å². The van der Waals surface area contributed by atoms with E-state index in [0.717, 1.165) is 25.7 Å². The van der Waals surface area contributed by atoms with E-state index in [9.17, 15) is 18.4 Å². The second kappa shape index (κ2) is 10.3. The largest absolute Gasteiger partial charge is 0.353 e. The Labute approximate surface area is 154 Å². The summed E-state index contributed by atoms with van der Waals surface area (Å²) in [5, 5.41) is 5.35. The van der Waals surface area contributed by atoms with Crippen LogP contribution in [0.15, 0.2) is 0 Å². The van der Waals surface area contributed by atoms with Gasteiger partial charge in [0.2, 0.25) is 11.8 Å². The van der Waals surface area contributed by atoms with Gasteiger partial charge in [-0.2, -0.15) is 0 Å². The number of nitrogens with two attached hydrogens (primary N) is 1. The van der Waals surface area contributed by atoms with Crippen LogP contribution in [0.3, 0.4) is 0 Å². The molecule has 4 N–H and O–H groups in total. The Balaban J connectivity index is 0.00000312. The summed E-state index contributed by atoms with van der Waals surface area (Å²) in [5.41, 5.74) is 4.95. The molecule has 0 aromatic carbocycles. The molecule has 2 amide bonds. The van der Waals surface area contributed by atoms with Crippen LogP contribution in [-0.4, -0.2) is 36.9 Å². The van der Waals surface area contributed by atoms with Crippen molar-refractivity contribution < 1.29 is 18.4 Å². The molecule has 0 saturated heterocycles. The molecule has 0 unspecified atom stereocenters. The topological polar surface area (TPSA) is 84.2 Å². The summed E-state index contributed by atoms with van der Waals surface area (Å²) in [7, 11) is 0. The van der Waals surface area contributed by atoms with E-state index in [1.54, 1.807) is 0 Å². The quantitative estimate of drug-likeness (QED) is 0.633. The van der Waals surface area contributed by atoms with Crippen molar-refractivity contribution in [2.75, 3.05) is 13.1 Å². The molecule has 2 rings (SSSR count). The van der Waals surface area contributed by atoms with Crippen LogP contribution < -0.4 is 16.4 Å². The lowest BCUT2D eigenvalue weighted by atomic mass is 9.85. The maximum absolute atomic E-state index is 13.1. The molecule has 2 aliphatic carbocycles. The number of carbonyl (C=O) groups is 2. The second-order valence-corrected chi connectivity index (χ2v) is 7.25. The number of halogens is 3. The van der Waals surface area contributed by atoms with Gasteiger partial charge >= 0.3 is 0 Å². The van der Waals surface area contributed by atoms with Crippen LogP contribution in [0.5, 0.6) is 0 Å². The molecule has 0 aromatic heterocycles. The Morgan fingerprint density at radius 3 is 2.20 bits per heavy atom. The molecular formula is C17H30ClF2N3O2. The van der Waals surface area contributed by atoms with E-state index in [0.29, 0.717) is 25.2 Å². The van der Waals surface area contributed by atoms with Crippen LogP contribution in [0.25, 0.3) is 0 Å². The molecule has 0 aliphatic heterocycles. The first-order valence-electron chi connectivity index (χ1n) is 9.04. The summed E-state index contributed by atoms with van der Waals surface area (Å²) in [4.78, 5) is 24.0. The number of hydrogen-bond donors (Lipinski definition) is 3. The molecule has 2 fully saturated rings. The van der Waals surface area contributed by atoms with Crippen molar-refractivity contribution in [1.82, 2.24) is 10.6 Å². The maximum atomic E-state index is 13.1. The Morgan fingerprint density at radius 1 is 1.04 bits per heavy atom. The van der Waals surface area contributed by atoms with E-state index in [2.05, 4.69) is 10.6 Å². The highest BCUT2D eigenvalue weighted by molar-refractivity contribution is 5.85. The van der Waals surface area contributed by atoms with Gasteiger partial charge < -0.3 is 16.4 Å². The molecule has 5 nitrogen and oxygen atoms in total. The van der Waals surface area contributed by atoms with E-state index in [-0.39, 0.29) is 36.2 Å². The van der Waals surface area contributed by atoms with E-state index in [1.165, 1.54) is 12.8 Å². The zero-order valence-electron chi connectivity index (χ0n) is 14.6. The minimum atomic E-state index is -3.05. The van der Waals surface area contributed by atoms with Gasteiger partial charge in [-0.1, -0.05) is 12.8 Å². The van der Waals surface area contributed by atoms with Gasteiger partial charge in [-0.3, -0.25) is 9.59 Å². The monoisotopic (exact) mass is 381 g/mol. The maximum Gasteiger partial charge on any atom is 0.277 e. The van der Waals surface area contributed by atoms with Gasteiger partial charge in [0.25, 0.3) is 5.92 Å². The van der Waals surface area contributed by atoms with Crippen molar-refractivity contribution in [3.8, 4) is 0 Å². The van der Waals surface area contributed by atoms with Gasteiger partial charge in [0.15, 0.2) is 0 Å². The number of amides is 2. The highest BCUT2D eigenvalue weighted by Crippen LogP contribution is 2.28. The molecule has 0 heterocycles. The highest BCUT2D eigenvalue weighted by atomic mass is 35.5. The van der Waals surface area contributed by atoms with Crippen molar-refractivity contribution in [2.45, 2.75) is 69.8 Å². The number of alkyl halides is 2. The molecule has 0 aromatic rings. The van der Waals surface area contributed by atoms with Crippen LogP contribution in [-0.2, 0) is 9.59 Å². The molecule has 0 atom stereocenters. The van der Waals surface area contributed by atoms with E-state index in [4.69, 9.17) is 5.73 Å². The smallest absolute Gasteiger partial charge is 0.277 e. The lowest BCUT2D eigenvalue weighted by Gasteiger charge is -2.29. The Kier molecular flexibility index (Phi) is 9.07. The lowest BCUT2D eigenvalue weighted by Crippen LogP contribution is -2.45. The first kappa shape index (κ1) is 22.1. The number of hydrogen-bond acceptors (Lipinski definition) is 3. The number of rotatable bonds is 7. The van der Waals surface area contributed by atoms with E-state index in [1.807, 2.05) is 0 Å². The van der Waals surface area contributed by atoms with E-state index < -0.39 is 19.0 Å². The van der Waals surface area contributed by atoms with Crippen molar-refractivity contribution in [3.05, 3.63) is 0 Å². The van der Waals surface area contributed by atoms with Crippen molar-refractivity contribution >= 4 is 24.2 Å². The van der Waals surface area contributed by atoms with Gasteiger partial charge in [-0.15, -0.1) is 12.4 Å². The van der Waals surface area contributed by atoms with Crippen LogP contribution >= 0.6 is 12.4 Å². The first-order valence-corrected chi connectivity index (χ1v) is 9.04. The highest BCUT2D eigenvalue weighted by Gasteiger charge is 2.31. The number of carbonyl (C=O) groups excluding carboxylic acids is 2. The molecule has 2 saturated carbocycles. The van der Waals surface area contributed by atoms with Crippen LogP contribution in [0, 0.1) is 11.8 Å². The third-order valence-electron chi connectivity index (χ3n) is 5.23. The Morgan fingerprint density at radius 2 is 1.64 bits per heavy atom. The molecule has 0 bridgehead atoms. The van der Waals surface area contributed by atoms with E-state index >= 15 is 0 Å². The first-order chi connectivity index (χ1) is 11.4. The molecule has 146 valence electrons. The van der Waals surface area contributed by atoms with Crippen LogP contribution in [0.1, 0.15) is 57.8 Å². The predicted octanol–water partition coefficient (Wildman–Crippen LogP) is 2.37. The molecule has 0 spiro atoms. The minimum absolute atomic E-state index is 0. The van der Waals surface area contributed by atoms with Crippen LogP contribution in [0.4, 0.5) is 8.78 Å². The van der Waals surface area contributed by atoms with Gasteiger partial charge in [0, 0.05) is 18.4 Å². The fraction of sp³-hybridized carbons (Fsp3) is 0.882. The summed E-state index contributed by atoms with van der Waals surface area (Å²) in [6.45, 7) is -1.48. The SMILES string of the molecule is Cl.NCC(F)(F)CNC(=O)C1CCC(NC(=O)CC2CCCC2)CC1. The summed E-state index contributed by atoms with van der Waals surface area (Å²) in [6.07, 6.45) is 8.03. The molecular weight excluding hydrogens is 352 g/mol. The lowest BCUT2D eigenvalue weighted by molar-refractivity contribution is -0.128. The van der Waals surface area contributed by atoms with Gasteiger partial charge in [0.1, 0.15) is 0 Å². The summed E-state index contributed by atoms with van der Waals surface area (Å²) < 4.78 is 26.1. The fourth-order valence-corrected chi connectivity index (χ4v) is 3.70. The normalized spacial score (nSPS) is 24.4. The summed E-state index contributed by atoms with van der Waals surface area (Å²) in [5.74, 6) is -3.00. The fourth-order valence-electron chi connectivity index (χ4n) is 3.70. The zero-order chi connectivity index (χ0) is 17.6. The van der Waals surface area contributed by atoms with Crippen LogP contribution in [0.2, 0.25) is 0 Å². The second-order valence-electron chi connectivity index (χ2n) is 7.25. The van der Waals surface area contributed by atoms with Crippen molar-refractivity contribution in [1.29, 1.82) is 0 Å². The summed E-state index contributed by atoms with van der Waals surface area (Å²) >= 11 is 0. The predicted molar refractivity (Wildman–Crippen MR) is 94.7 cm³/mol. The van der Waals surface area contributed by atoms with Gasteiger partial charge in [0.05, 0.1) is 13.1 Å². The summed E-state index contributed by atoms with van der Waals surface area (Å²) in [6, 6.07) is 0.105. The molecule has 8 heteroatoms.